The summed E-state index contributed by atoms with van der Waals surface area (Å²) in [5.41, 5.74) is 1.90. The van der Waals surface area contributed by atoms with Gasteiger partial charge in [-0.1, -0.05) is 0 Å². The Morgan fingerprint density at radius 2 is 2.04 bits per heavy atom. The third-order valence-corrected chi connectivity index (χ3v) is 3.04. The molecule has 10 heteroatoms. The third kappa shape index (κ3) is 4.89. The molecule has 1 heterocycles. The largest absolute Gasteiger partial charge is 0.394 e. The summed E-state index contributed by atoms with van der Waals surface area (Å²) >= 11 is 0. The van der Waals surface area contributed by atoms with Gasteiger partial charge in [0, 0.05) is 0 Å². The van der Waals surface area contributed by atoms with Gasteiger partial charge in [0.15, 0.2) is 17.5 Å². The molecular formula is C15H16F2N4O4. The summed E-state index contributed by atoms with van der Waals surface area (Å²) in [6.07, 6.45) is -1.19. The number of hydrogen-bond acceptors (Lipinski definition) is 7. The number of hydroxylamine groups is 1. The number of aliphatic hydroxyl groups excluding tert-OH is 2. The molecule has 1 aromatic carbocycles. The van der Waals surface area contributed by atoms with Crippen LogP contribution >= 0.6 is 0 Å². The standard InChI is InChI=1S/C15H16F2N4O4/c1-8-2-5-12(20-19-8)18-14-10(3-4-11(16)13(14)17)15(24)21-25-7-9(23)6-22/h2-5,9,22-23H,6-7H2,1H3,(H,18,20)(H,21,24). The summed E-state index contributed by atoms with van der Waals surface area (Å²) in [5.74, 6) is -3.20. The summed E-state index contributed by atoms with van der Waals surface area (Å²) in [6, 6.07) is 4.94. The molecule has 0 saturated carbocycles. The van der Waals surface area contributed by atoms with Gasteiger partial charge >= 0.3 is 0 Å². The molecule has 1 aromatic heterocycles. The molecule has 1 unspecified atom stereocenters. The van der Waals surface area contributed by atoms with Crippen molar-refractivity contribution in [3.8, 4) is 0 Å². The number of amides is 1. The minimum Gasteiger partial charge on any atom is -0.394 e. The van der Waals surface area contributed by atoms with Crippen molar-refractivity contribution in [3.05, 3.63) is 47.2 Å². The molecular weight excluding hydrogens is 338 g/mol. The van der Waals surface area contributed by atoms with Crippen LogP contribution < -0.4 is 10.8 Å². The second kappa shape index (κ2) is 8.42. The maximum Gasteiger partial charge on any atom is 0.277 e. The lowest BCUT2D eigenvalue weighted by molar-refractivity contribution is -0.0295. The van der Waals surface area contributed by atoms with Crippen LogP contribution in [0.15, 0.2) is 24.3 Å². The van der Waals surface area contributed by atoms with Crippen LogP contribution in [0, 0.1) is 18.6 Å². The quantitative estimate of drug-likeness (QED) is 0.544. The number of carbonyl (C=O) groups excluding carboxylic acids is 1. The Kier molecular flexibility index (Phi) is 6.28. The van der Waals surface area contributed by atoms with E-state index in [-0.39, 0.29) is 18.0 Å². The lowest BCUT2D eigenvalue weighted by atomic mass is 10.1. The first kappa shape index (κ1) is 18.6. The summed E-state index contributed by atoms with van der Waals surface area (Å²) in [5, 5.41) is 27.8. The van der Waals surface area contributed by atoms with Gasteiger partial charge in [-0.25, -0.2) is 14.3 Å². The molecule has 4 N–H and O–H groups in total. The van der Waals surface area contributed by atoms with Crippen molar-refractivity contribution in [2.45, 2.75) is 13.0 Å². The maximum absolute atomic E-state index is 14.1. The second-order valence-electron chi connectivity index (χ2n) is 5.05. The molecule has 25 heavy (non-hydrogen) atoms. The van der Waals surface area contributed by atoms with E-state index < -0.39 is 35.9 Å². The maximum atomic E-state index is 14.1. The van der Waals surface area contributed by atoms with Crippen LogP contribution in [-0.2, 0) is 4.84 Å². The first-order valence-electron chi connectivity index (χ1n) is 7.18. The van der Waals surface area contributed by atoms with Gasteiger partial charge in [-0.05, 0) is 31.2 Å². The zero-order chi connectivity index (χ0) is 18.4. The number of carbonyl (C=O) groups is 1. The molecule has 0 fully saturated rings. The van der Waals surface area contributed by atoms with E-state index in [0.717, 1.165) is 12.1 Å². The van der Waals surface area contributed by atoms with Crippen molar-refractivity contribution in [1.29, 1.82) is 0 Å². The summed E-state index contributed by atoms with van der Waals surface area (Å²) in [7, 11) is 0. The van der Waals surface area contributed by atoms with Crippen LogP contribution in [0.25, 0.3) is 0 Å². The van der Waals surface area contributed by atoms with Crippen LogP contribution in [0.2, 0.25) is 0 Å². The highest BCUT2D eigenvalue weighted by Gasteiger charge is 2.20. The van der Waals surface area contributed by atoms with Gasteiger partial charge in [0.2, 0.25) is 0 Å². The fourth-order valence-electron chi connectivity index (χ4n) is 1.77. The molecule has 0 saturated heterocycles. The smallest absolute Gasteiger partial charge is 0.277 e. The van der Waals surface area contributed by atoms with E-state index in [1.54, 1.807) is 13.0 Å². The number of halogens is 2. The van der Waals surface area contributed by atoms with Crippen LogP contribution in [0.3, 0.4) is 0 Å². The van der Waals surface area contributed by atoms with Gasteiger partial charge in [-0.2, -0.15) is 5.10 Å². The molecule has 0 radical (unpaired) electrons. The molecule has 0 aliphatic carbocycles. The number of benzene rings is 1. The van der Waals surface area contributed by atoms with Crippen LogP contribution in [0.5, 0.6) is 0 Å². The second-order valence-corrected chi connectivity index (χ2v) is 5.05. The van der Waals surface area contributed by atoms with Crippen molar-refractivity contribution in [3.63, 3.8) is 0 Å². The van der Waals surface area contributed by atoms with Gasteiger partial charge in [0.25, 0.3) is 5.91 Å². The van der Waals surface area contributed by atoms with E-state index in [0.29, 0.717) is 5.69 Å². The minimum atomic E-state index is -1.27. The summed E-state index contributed by atoms with van der Waals surface area (Å²) in [4.78, 5) is 16.8. The molecule has 0 aliphatic rings. The number of nitrogens with zero attached hydrogens (tertiary/aromatic N) is 2. The lowest BCUT2D eigenvalue weighted by Gasteiger charge is -2.13. The number of rotatable bonds is 7. The molecule has 0 bridgehead atoms. The fourth-order valence-corrected chi connectivity index (χ4v) is 1.77. The van der Waals surface area contributed by atoms with Crippen molar-refractivity contribution in [1.82, 2.24) is 15.7 Å². The molecule has 2 rings (SSSR count). The molecule has 134 valence electrons. The van der Waals surface area contributed by atoms with Crippen LogP contribution in [0.4, 0.5) is 20.3 Å². The molecule has 0 spiro atoms. The van der Waals surface area contributed by atoms with E-state index in [1.165, 1.54) is 6.07 Å². The van der Waals surface area contributed by atoms with E-state index in [9.17, 15) is 13.6 Å². The molecule has 0 aliphatic heterocycles. The summed E-state index contributed by atoms with van der Waals surface area (Å²) < 4.78 is 27.6. The number of aliphatic hydroxyl groups is 2. The van der Waals surface area contributed by atoms with E-state index in [4.69, 9.17) is 15.1 Å². The molecule has 1 atom stereocenters. The number of aryl methyl sites for hydroxylation is 1. The minimum absolute atomic E-state index is 0.112. The Bertz CT molecular complexity index is 743. The van der Waals surface area contributed by atoms with Crippen molar-refractivity contribution in [2.24, 2.45) is 0 Å². The predicted octanol–water partition coefficient (Wildman–Crippen LogP) is 0.821. The van der Waals surface area contributed by atoms with Crippen LogP contribution in [0.1, 0.15) is 16.1 Å². The Morgan fingerprint density at radius 1 is 1.28 bits per heavy atom. The Balaban J connectivity index is 2.21. The van der Waals surface area contributed by atoms with Gasteiger partial charge in [-0.15, -0.1) is 5.10 Å². The monoisotopic (exact) mass is 354 g/mol. The number of aromatic nitrogens is 2. The van der Waals surface area contributed by atoms with Gasteiger partial charge in [-0.3, -0.25) is 9.63 Å². The highest BCUT2D eigenvalue weighted by atomic mass is 19.2. The Labute approximate surface area is 141 Å². The van der Waals surface area contributed by atoms with Crippen molar-refractivity contribution < 1.29 is 28.6 Å². The Hall–Kier alpha value is -2.69. The normalized spacial score (nSPS) is 11.9. The summed E-state index contributed by atoms with van der Waals surface area (Å²) in [6.45, 7) is 0.772. The molecule has 2 aromatic rings. The molecule has 1 amide bonds. The average Bonchev–Trinajstić information content (AvgIpc) is 2.60. The van der Waals surface area contributed by atoms with E-state index in [1.807, 2.05) is 5.48 Å². The zero-order valence-corrected chi connectivity index (χ0v) is 13.2. The average molecular weight is 354 g/mol. The van der Waals surface area contributed by atoms with Crippen molar-refractivity contribution in [2.75, 3.05) is 18.5 Å². The van der Waals surface area contributed by atoms with Gasteiger partial charge < -0.3 is 15.5 Å². The predicted molar refractivity (Wildman–Crippen MR) is 82.9 cm³/mol. The first-order valence-corrected chi connectivity index (χ1v) is 7.18. The van der Waals surface area contributed by atoms with E-state index >= 15 is 0 Å². The van der Waals surface area contributed by atoms with Gasteiger partial charge in [0.05, 0.1) is 23.6 Å². The van der Waals surface area contributed by atoms with Crippen molar-refractivity contribution >= 4 is 17.4 Å². The highest BCUT2D eigenvalue weighted by Crippen LogP contribution is 2.25. The Morgan fingerprint density at radius 3 is 2.68 bits per heavy atom. The van der Waals surface area contributed by atoms with Gasteiger partial charge in [0.1, 0.15) is 12.7 Å². The highest BCUT2D eigenvalue weighted by molar-refractivity contribution is 5.99. The number of anilines is 2. The topological polar surface area (TPSA) is 117 Å². The number of hydrogen-bond donors (Lipinski definition) is 4. The zero-order valence-electron chi connectivity index (χ0n) is 13.2. The first-order chi connectivity index (χ1) is 11.9. The number of nitrogens with one attached hydrogen (secondary N) is 2. The molecule has 8 nitrogen and oxygen atoms in total. The van der Waals surface area contributed by atoms with E-state index in [2.05, 4.69) is 15.5 Å². The lowest BCUT2D eigenvalue weighted by Crippen LogP contribution is -2.30. The fraction of sp³-hybridized carbons (Fsp3) is 0.267. The third-order valence-electron chi connectivity index (χ3n) is 3.04. The van der Waals surface area contributed by atoms with Crippen LogP contribution in [-0.4, -0.2) is 45.6 Å². The SMILES string of the molecule is Cc1ccc(Nc2c(C(=O)NOCC(O)CO)ccc(F)c2F)nn1.